The molecule has 144 valence electrons. The average molecular weight is 419 g/mol. The largest absolute Gasteiger partial charge is 0.341 e. The normalized spacial score (nSPS) is 15.5. The van der Waals surface area contributed by atoms with Crippen LogP contribution in [0.3, 0.4) is 0 Å². The number of likely N-dealkylation sites (tertiary alicyclic amines) is 1. The maximum atomic E-state index is 12.6. The molecule has 0 aromatic carbocycles. The molecule has 1 aliphatic heterocycles. The van der Waals surface area contributed by atoms with Crippen LogP contribution >= 0.6 is 35.3 Å². The molecule has 1 amide bonds. The lowest BCUT2D eigenvalue weighted by molar-refractivity contribution is -0.133. The minimum absolute atomic E-state index is 0. The number of rotatable bonds is 5. The van der Waals surface area contributed by atoms with Gasteiger partial charge in [-0.15, -0.1) is 12.4 Å². The second kappa shape index (κ2) is 9.17. The fourth-order valence-corrected chi connectivity index (χ4v) is 4.19. The van der Waals surface area contributed by atoms with Crippen LogP contribution in [-0.4, -0.2) is 59.0 Å². The molecule has 26 heavy (non-hydrogen) atoms. The van der Waals surface area contributed by atoms with Gasteiger partial charge in [-0.25, -0.2) is 4.98 Å². The number of halogens is 2. The van der Waals surface area contributed by atoms with Gasteiger partial charge in [0.05, 0.1) is 10.5 Å². The molecule has 3 heterocycles. The fraction of sp³-hybridized carbons (Fsp3) is 0.588. The lowest BCUT2D eigenvalue weighted by atomic mass is 9.93. The lowest BCUT2D eigenvalue weighted by Crippen LogP contribution is -2.41. The molecule has 2 aromatic heterocycles. The topological polar surface area (TPSA) is 58.4 Å². The quantitative estimate of drug-likeness (QED) is 0.748. The summed E-state index contributed by atoms with van der Waals surface area (Å²) >= 11 is 7.03. The molecule has 3 rings (SSSR count). The van der Waals surface area contributed by atoms with Gasteiger partial charge >= 0.3 is 4.87 Å². The Morgan fingerprint density at radius 1 is 1.38 bits per heavy atom. The van der Waals surface area contributed by atoms with Crippen molar-refractivity contribution in [1.29, 1.82) is 0 Å². The van der Waals surface area contributed by atoms with E-state index in [2.05, 4.69) is 24.0 Å². The number of hydrogen-bond donors (Lipinski definition) is 0. The molecule has 6 nitrogen and oxygen atoms in total. The van der Waals surface area contributed by atoms with Crippen LogP contribution in [-0.2, 0) is 11.3 Å². The summed E-state index contributed by atoms with van der Waals surface area (Å²) in [4.78, 5) is 33.5. The van der Waals surface area contributed by atoms with E-state index in [9.17, 15) is 9.59 Å². The number of nitrogens with zero attached hydrogens (tertiary/aromatic N) is 4. The van der Waals surface area contributed by atoms with E-state index in [-0.39, 0.29) is 29.7 Å². The summed E-state index contributed by atoms with van der Waals surface area (Å²) in [6.45, 7) is 2.69. The fourth-order valence-electron chi connectivity index (χ4n) is 3.22. The second-order valence-corrected chi connectivity index (χ2v) is 8.22. The highest BCUT2D eigenvalue weighted by atomic mass is 35.5. The highest BCUT2D eigenvalue weighted by molar-refractivity contribution is 7.16. The van der Waals surface area contributed by atoms with Gasteiger partial charge in [0, 0.05) is 19.3 Å². The number of pyridine rings is 1. The molecule has 9 heteroatoms. The van der Waals surface area contributed by atoms with Gasteiger partial charge in [-0.3, -0.25) is 14.2 Å². The molecular weight excluding hydrogens is 395 g/mol. The Morgan fingerprint density at radius 3 is 2.73 bits per heavy atom. The molecule has 2 aromatic rings. The van der Waals surface area contributed by atoms with Gasteiger partial charge in [-0.1, -0.05) is 22.9 Å². The molecule has 0 spiro atoms. The summed E-state index contributed by atoms with van der Waals surface area (Å²) < 4.78 is 1.49. The third-order valence-electron chi connectivity index (χ3n) is 4.74. The van der Waals surface area contributed by atoms with E-state index < -0.39 is 0 Å². The van der Waals surface area contributed by atoms with Crippen LogP contribution in [0.5, 0.6) is 0 Å². The first kappa shape index (κ1) is 21.2. The maximum Gasteiger partial charge on any atom is 0.310 e. The molecule has 0 radical (unpaired) electrons. The Hall–Kier alpha value is -1.15. The Labute approximate surface area is 168 Å². The molecule has 0 unspecified atom stereocenters. The number of thiazole rings is 1. The van der Waals surface area contributed by atoms with Crippen LogP contribution in [0.1, 0.15) is 19.3 Å². The van der Waals surface area contributed by atoms with Crippen molar-refractivity contribution >= 4 is 51.6 Å². The minimum Gasteiger partial charge on any atom is -0.341 e. The number of carbonyl (C=O) groups excluding carboxylic acids is 1. The smallest absolute Gasteiger partial charge is 0.310 e. The summed E-state index contributed by atoms with van der Waals surface area (Å²) in [5.41, 5.74) is 0.636. The highest BCUT2D eigenvalue weighted by Crippen LogP contribution is 2.22. The van der Waals surface area contributed by atoms with Gasteiger partial charge in [0.1, 0.15) is 11.4 Å². The van der Waals surface area contributed by atoms with E-state index in [1.54, 1.807) is 6.07 Å². The van der Waals surface area contributed by atoms with Gasteiger partial charge in [0.2, 0.25) is 5.91 Å². The summed E-state index contributed by atoms with van der Waals surface area (Å²) in [5.74, 6) is 0.673. The zero-order valence-electron chi connectivity index (χ0n) is 15.0. The van der Waals surface area contributed by atoms with Crippen LogP contribution in [0.2, 0.25) is 5.02 Å². The Morgan fingerprint density at radius 2 is 2.08 bits per heavy atom. The number of hydrogen-bond acceptors (Lipinski definition) is 5. The molecular formula is C17H24Cl2N4O2S. The standard InChI is InChI=1S/C17H23ClN4O2S.ClH/c1-20(2)6-3-12-4-7-21(8-5-12)15(23)11-22-14-9-13(18)10-19-16(14)25-17(22)24;/h9-10,12H,3-8,11H2,1-2H3;1H. The van der Waals surface area contributed by atoms with Gasteiger partial charge < -0.3 is 9.80 Å². The van der Waals surface area contributed by atoms with E-state index in [4.69, 9.17) is 11.6 Å². The van der Waals surface area contributed by atoms with Gasteiger partial charge in [0.15, 0.2) is 0 Å². The molecule has 1 fully saturated rings. The average Bonchev–Trinajstić information content (AvgIpc) is 2.88. The van der Waals surface area contributed by atoms with E-state index in [0.717, 1.165) is 43.8 Å². The van der Waals surface area contributed by atoms with E-state index in [1.807, 2.05) is 4.90 Å². The highest BCUT2D eigenvalue weighted by Gasteiger charge is 2.24. The number of amides is 1. The van der Waals surface area contributed by atoms with Crippen LogP contribution in [0.4, 0.5) is 0 Å². The number of fused-ring (bicyclic) bond motifs is 1. The van der Waals surface area contributed by atoms with E-state index >= 15 is 0 Å². The molecule has 0 saturated carbocycles. The van der Waals surface area contributed by atoms with E-state index in [0.29, 0.717) is 21.3 Å². The molecule has 0 bridgehead atoms. The SMILES string of the molecule is CN(C)CCC1CCN(C(=O)Cn2c(=O)sc3ncc(Cl)cc32)CC1.Cl. The summed E-state index contributed by atoms with van der Waals surface area (Å²) in [6, 6.07) is 1.70. The van der Waals surface area contributed by atoms with Crippen molar-refractivity contribution < 1.29 is 4.79 Å². The minimum atomic E-state index is -0.168. The Bertz CT molecular complexity index is 813. The van der Waals surface area contributed by atoms with Crippen LogP contribution < -0.4 is 4.87 Å². The first-order valence-corrected chi connectivity index (χ1v) is 9.71. The van der Waals surface area contributed by atoms with Crippen molar-refractivity contribution in [2.24, 2.45) is 5.92 Å². The molecule has 0 N–H and O–H groups in total. The van der Waals surface area contributed by atoms with Crippen molar-refractivity contribution in [3.63, 3.8) is 0 Å². The molecule has 0 aliphatic carbocycles. The van der Waals surface area contributed by atoms with Crippen LogP contribution in [0.15, 0.2) is 17.1 Å². The number of piperidine rings is 1. The second-order valence-electron chi connectivity index (χ2n) is 6.85. The maximum absolute atomic E-state index is 12.6. The number of aromatic nitrogens is 2. The molecule has 0 atom stereocenters. The van der Waals surface area contributed by atoms with E-state index in [1.165, 1.54) is 17.2 Å². The Balaban J connectivity index is 0.00000243. The first-order chi connectivity index (χ1) is 11.9. The lowest BCUT2D eigenvalue weighted by Gasteiger charge is -2.32. The summed E-state index contributed by atoms with van der Waals surface area (Å²) in [6.07, 6.45) is 4.76. The van der Waals surface area contributed by atoms with Crippen LogP contribution in [0.25, 0.3) is 10.3 Å². The first-order valence-electron chi connectivity index (χ1n) is 8.51. The Kier molecular flexibility index (Phi) is 7.46. The third kappa shape index (κ3) is 4.97. The molecule has 1 saturated heterocycles. The zero-order chi connectivity index (χ0) is 18.0. The predicted molar refractivity (Wildman–Crippen MR) is 109 cm³/mol. The van der Waals surface area contributed by atoms with Gasteiger partial charge in [-0.2, -0.15) is 0 Å². The zero-order valence-corrected chi connectivity index (χ0v) is 17.4. The van der Waals surface area contributed by atoms with Crippen molar-refractivity contribution in [2.75, 3.05) is 33.7 Å². The van der Waals surface area contributed by atoms with Gasteiger partial charge in [-0.05, 0) is 51.9 Å². The van der Waals surface area contributed by atoms with Gasteiger partial charge in [0.25, 0.3) is 0 Å². The van der Waals surface area contributed by atoms with Crippen molar-refractivity contribution in [2.45, 2.75) is 25.8 Å². The summed E-state index contributed by atoms with van der Waals surface area (Å²) in [5, 5.41) is 0.466. The third-order valence-corrected chi connectivity index (χ3v) is 5.85. The molecule has 1 aliphatic rings. The predicted octanol–water partition coefficient (Wildman–Crippen LogP) is 2.72. The van der Waals surface area contributed by atoms with Crippen molar-refractivity contribution in [3.05, 3.63) is 27.0 Å². The van der Waals surface area contributed by atoms with Crippen molar-refractivity contribution in [3.8, 4) is 0 Å². The van der Waals surface area contributed by atoms with Crippen LogP contribution in [0, 0.1) is 5.92 Å². The van der Waals surface area contributed by atoms with Crippen molar-refractivity contribution in [1.82, 2.24) is 19.4 Å². The summed E-state index contributed by atoms with van der Waals surface area (Å²) in [7, 11) is 4.17. The number of carbonyl (C=O) groups is 1. The monoisotopic (exact) mass is 418 g/mol.